The highest BCUT2D eigenvalue weighted by Crippen LogP contribution is 2.27. The van der Waals surface area contributed by atoms with Crippen molar-refractivity contribution in [2.45, 2.75) is 37.0 Å². The number of benzene rings is 2. The van der Waals surface area contributed by atoms with Crippen LogP contribution in [0.5, 0.6) is 0 Å². The molecule has 2 aromatic carbocycles. The zero-order valence-electron chi connectivity index (χ0n) is 16.1. The summed E-state index contributed by atoms with van der Waals surface area (Å²) in [5, 5.41) is 9.82. The molecule has 0 unspecified atom stereocenters. The molecule has 1 fully saturated rings. The second-order valence-corrected chi connectivity index (χ2v) is 8.36. The van der Waals surface area contributed by atoms with Gasteiger partial charge in [0.25, 0.3) is 0 Å². The first-order chi connectivity index (χ1) is 13.7. The molecule has 146 valence electrons. The maximum atomic E-state index is 13.4. The number of hydrogen-bond acceptors (Lipinski definition) is 4. The molecule has 0 bridgehead atoms. The summed E-state index contributed by atoms with van der Waals surface area (Å²) in [6.07, 6.45) is 3.74. The highest BCUT2D eigenvalue weighted by atomic mass is 32.2. The number of likely N-dealkylation sites (tertiary alicyclic amines) is 1. The highest BCUT2D eigenvalue weighted by Gasteiger charge is 2.21. The van der Waals surface area contributed by atoms with Crippen molar-refractivity contribution in [1.29, 1.82) is 0 Å². The average molecular weight is 397 g/mol. The van der Waals surface area contributed by atoms with E-state index in [2.05, 4.69) is 38.8 Å². The molecule has 0 radical (unpaired) electrons. The summed E-state index contributed by atoms with van der Waals surface area (Å²) in [4.78, 5) is 2.46. The third kappa shape index (κ3) is 4.45. The molecule has 2 heterocycles. The Morgan fingerprint density at radius 2 is 1.86 bits per heavy atom. The van der Waals surface area contributed by atoms with E-state index in [1.54, 1.807) is 23.9 Å². The fourth-order valence-electron chi connectivity index (χ4n) is 3.75. The van der Waals surface area contributed by atoms with E-state index < -0.39 is 0 Å². The van der Waals surface area contributed by atoms with Crippen LogP contribution in [0.25, 0.3) is 11.4 Å². The van der Waals surface area contributed by atoms with Gasteiger partial charge in [-0.2, -0.15) is 0 Å². The van der Waals surface area contributed by atoms with Crippen LogP contribution >= 0.6 is 11.8 Å². The molecule has 4 rings (SSSR count). The molecule has 0 spiro atoms. The monoisotopic (exact) mass is 396 g/mol. The van der Waals surface area contributed by atoms with Crippen molar-refractivity contribution in [2.75, 3.05) is 19.3 Å². The summed E-state index contributed by atoms with van der Waals surface area (Å²) in [6.45, 7) is 1.90. The third-order valence-corrected chi connectivity index (χ3v) is 6.36. The Balaban J connectivity index is 1.55. The van der Waals surface area contributed by atoms with E-state index in [0.717, 1.165) is 28.7 Å². The van der Waals surface area contributed by atoms with E-state index in [-0.39, 0.29) is 5.82 Å². The largest absolute Gasteiger partial charge is 0.303 e. The Hall–Kier alpha value is -2.18. The van der Waals surface area contributed by atoms with Gasteiger partial charge in [-0.3, -0.25) is 4.57 Å². The number of thioether (sulfide) groups is 1. The van der Waals surface area contributed by atoms with Crippen LogP contribution in [0.2, 0.25) is 0 Å². The number of nitrogens with zero attached hydrogens (tertiary/aromatic N) is 4. The summed E-state index contributed by atoms with van der Waals surface area (Å²) < 4.78 is 15.5. The standard InChI is InChI=1S/C22H25FN4S/c1-26-14-5-8-20(26)13-15-28-22-25-24-21(18-9-11-19(23)12-10-18)27(22)16-17-6-3-2-4-7-17/h2-4,6-7,9-12,20H,5,8,13-16H2,1H3/t20-/m1/s1. The number of hydrogen-bond donors (Lipinski definition) is 0. The van der Waals surface area contributed by atoms with Crippen molar-refractivity contribution < 1.29 is 4.39 Å². The molecule has 1 aromatic heterocycles. The van der Waals surface area contributed by atoms with E-state index in [1.807, 2.05) is 18.2 Å². The van der Waals surface area contributed by atoms with Gasteiger partial charge in [0.15, 0.2) is 11.0 Å². The van der Waals surface area contributed by atoms with Gasteiger partial charge in [-0.25, -0.2) is 4.39 Å². The molecule has 0 saturated carbocycles. The molecule has 1 saturated heterocycles. The van der Waals surface area contributed by atoms with Crippen molar-refractivity contribution in [3.8, 4) is 11.4 Å². The second-order valence-electron chi connectivity index (χ2n) is 7.30. The van der Waals surface area contributed by atoms with Crippen molar-refractivity contribution >= 4 is 11.8 Å². The van der Waals surface area contributed by atoms with Crippen LogP contribution in [0.4, 0.5) is 4.39 Å². The molecular formula is C22H25FN4S. The van der Waals surface area contributed by atoms with Crippen molar-refractivity contribution in [1.82, 2.24) is 19.7 Å². The number of aromatic nitrogens is 3. The molecule has 4 nitrogen and oxygen atoms in total. The molecular weight excluding hydrogens is 371 g/mol. The lowest BCUT2D eigenvalue weighted by Crippen LogP contribution is -2.25. The van der Waals surface area contributed by atoms with Crippen LogP contribution in [-0.2, 0) is 6.54 Å². The fourth-order valence-corrected chi connectivity index (χ4v) is 4.72. The number of rotatable bonds is 7. The zero-order chi connectivity index (χ0) is 19.3. The molecule has 0 aliphatic carbocycles. The lowest BCUT2D eigenvalue weighted by molar-refractivity contribution is 0.305. The van der Waals surface area contributed by atoms with Crippen molar-refractivity contribution in [3.63, 3.8) is 0 Å². The van der Waals surface area contributed by atoms with Gasteiger partial charge in [0.2, 0.25) is 0 Å². The maximum absolute atomic E-state index is 13.4. The van der Waals surface area contributed by atoms with E-state index >= 15 is 0 Å². The van der Waals surface area contributed by atoms with Gasteiger partial charge in [-0.1, -0.05) is 42.1 Å². The molecule has 28 heavy (non-hydrogen) atoms. The summed E-state index contributed by atoms with van der Waals surface area (Å²) in [5.74, 6) is 1.56. The molecule has 3 aromatic rings. The lowest BCUT2D eigenvalue weighted by atomic mass is 10.2. The minimum atomic E-state index is -0.242. The molecule has 0 N–H and O–H groups in total. The Labute approximate surface area is 169 Å². The predicted molar refractivity (Wildman–Crippen MR) is 112 cm³/mol. The predicted octanol–water partition coefficient (Wildman–Crippen LogP) is 4.71. The van der Waals surface area contributed by atoms with Crippen LogP contribution in [-0.4, -0.2) is 45.1 Å². The normalized spacial score (nSPS) is 17.3. The molecule has 1 atom stereocenters. The first kappa shape index (κ1) is 19.2. The highest BCUT2D eigenvalue weighted by molar-refractivity contribution is 7.99. The van der Waals surface area contributed by atoms with Crippen LogP contribution in [0.3, 0.4) is 0 Å². The summed E-state index contributed by atoms with van der Waals surface area (Å²) >= 11 is 1.76. The minimum Gasteiger partial charge on any atom is -0.303 e. The summed E-state index contributed by atoms with van der Waals surface area (Å²) in [7, 11) is 2.22. The van der Waals surface area contributed by atoms with Gasteiger partial charge >= 0.3 is 0 Å². The molecule has 6 heteroatoms. The van der Waals surface area contributed by atoms with Gasteiger partial charge in [-0.15, -0.1) is 10.2 Å². The lowest BCUT2D eigenvalue weighted by Gasteiger charge is -2.18. The van der Waals surface area contributed by atoms with Gasteiger partial charge in [0.1, 0.15) is 5.82 Å². The fraction of sp³-hybridized carbons (Fsp3) is 0.364. The quantitative estimate of drug-likeness (QED) is 0.542. The van der Waals surface area contributed by atoms with Crippen LogP contribution < -0.4 is 0 Å². The first-order valence-electron chi connectivity index (χ1n) is 9.77. The number of halogens is 1. The maximum Gasteiger partial charge on any atom is 0.191 e. The van der Waals surface area contributed by atoms with Gasteiger partial charge < -0.3 is 4.90 Å². The summed E-state index contributed by atoms with van der Waals surface area (Å²) in [5.41, 5.74) is 2.08. The van der Waals surface area contributed by atoms with Gasteiger partial charge in [0.05, 0.1) is 6.54 Å². The Bertz CT molecular complexity index is 895. The van der Waals surface area contributed by atoms with Crippen LogP contribution in [0, 0.1) is 5.82 Å². The average Bonchev–Trinajstić information content (AvgIpc) is 3.30. The Morgan fingerprint density at radius 1 is 1.07 bits per heavy atom. The topological polar surface area (TPSA) is 34.0 Å². The van der Waals surface area contributed by atoms with E-state index in [0.29, 0.717) is 12.6 Å². The summed E-state index contributed by atoms with van der Waals surface area (Å²) in [6, 6.07) is 17.5. The van der Waals surface area contributed by atoms with Crippen molar-refractivity contribution in [3.05, 3.63) is 66.0 Å². The van der Waals surface area contributed by atoms with E-state index in [4.69, 9.17) is 0 Å². The molecule has 1 aliphatic heterocycles. The van der Waals surface area contributed by atoms with E-state index in [1.165, 1.54) is 37.1 Å². The Kier molecular flexibility index (Phi) is 6.07. The first-order valence-corrected chi connectivity index (χ1v) is 10.8. The van der Waals surface area contributed by atoms with Crippen LogP contribution in [0.1, 0.15) is 24.8 Å². The van der Waals surface area contributed by atoms with Gasteiger partial charge in [0, 0.05) is 17.4 Å². The zero-order valence-corrected chi connectivity index (χ0v) is 16.9. The van der Waals surface area contributed by atoms with Crippen LogP contribution in [0.15, 0.2) is 59.8 Å². The van der Waals surface area contributed by atoms with Gasteiger partial charge in [-0.05, 0) is 62.7 Å². The smallest absolute Gasteiger partial charge is 0.191 e. The second kappa shape index (κ2) is 8.88. The minimum absolute atomic E-state index is 0.242. The third-order valence-electron chi connectivity index (χ3n) is 5.36. The van der Waals surface area contributed by atoms with Crippen molar-refractivity contribution in [2.24, 2.45) is 0 Å². The molecule has 1 aliphatic rings. The Morgan fingerprint density at radius 3 is 2.57 bits per heavy atom. The SMILES string of the molecule is CN1CCC[C@@H]1CCSc1nnc(-c2ccc(F)cc2)n1Cc1ccccc1. The van der Waals surface area contributed by atoms with E-state index in [9.17, 15) is 4.39 Å². The molecule has 0 amide bonds.